The summed E-state index contributed by atoms with van der Waals surface area (Å²) >= 11 is 2.10. The fourth-order valence-corrected chi connectivity index (χ4v) is 2.87. The second kappa shape index (κ2) is 5.26. The number of hydrogen-bond donors (Lipinski definition) is 1. The molecule has 0 radical (unpaired) electrons. The van der Waals surface area contributed by atoms with Gasteiger partial charge in [-0.05, 0) is 38.4 Å². The van der Waals surface area contributed by atoms with E-state index in [0.29, 0.717) is 5.54 Å². The van der Waals surface area contributed by atoms with Crippen LogP contribution in [0.2, 0.25) is 0 Å². The fourth-order valence-electron chi connectivity index (χ4n) is 1.80. The van der Waals surface area contributed by atoms with Crippen LogP contribution >= 0.6 is 11.8 Å². The number of nitrogens with one attached hydrogen (secondary N) is 1. The lowest BCUT2D eigenvalue weighted by atomic mass is 9.94. The van der Waals surface area contributed by atoms with Crippen LogP contribution in [-0.2, 0) is 0 Å². The molecule has 1 atom stereocenters. The quantitative estimate of drug-likeness (QED) is 0.750. The standard InChI is InChI=1S/C11H23NS/c1-4-11(3,5-2)12-10-7-6-8-13-9-10/h10,12H,4-9H2,1-3H3. The Bertz CT molecular complexity index is 137. The Morgan fingerprint density at radius 1 is 1.38 bits per heavy atom. The van der Waals surface area contributed by atoms with Crippen molar-refractivity contribution >= 4 is 11.8 Å². The molecule has 0 amide bonds. The van der Waals surface area contributed by atoms with E-state index in [4.69, 9.17) is 0 Å². The Morgan fingerprint density at radius 2 is 2.08 bits per heavy atom. The van der Waals surface area contributed by atoms with Crippen LogP contribution in [0.4, 0.5) is 0 Å². The summed E-state index contributed by atoms with van der Waals surface area (Å²) in [6.45, 7) is 6.92. The third-order valence-corrected chi connectivity index (χ3v) is 4.49. The van der Waals surface area contributed by atoms with Gasteiger partial charge in [0, 0.05) is 17.3 Å². The Hall–Kier alpha value is 0.310. The molecule has 1 rings (SSSR count). The zero-order valence-corrected chi connectivity index (χ0v) is 10.0. The van der Waals surface area contributed by atoms with E-state index in [-0.39, 0.29) is 0 Å². The van der Waals surface area contributed by atoms with Crippen molar-refractivity contribution in [3.63, 3.8) is 0 Å². The Kier molecular flexibility index (Phi) is 4.60. The summed E-state index contributed by atoms with van der Waals surface area (Å²) in [5.74, 6) is 2.68. The Balaban J connectivity index is 2.35. The Labute approximate surface area is 87.1 Å². The van der Waals surface area contributed by atoms with Gasteiger partial charge in [-0.1, -0.05) is 13.8 Å². The first-order valence-corrected chi connectivity index (χ1v) is 6.71. The molecule has 1 unspecified atom stereocenters. The van der Waals surface area contributed by atoms with E-state index in [9.17, 15) is 0 Å². The van der Waals surface area contributed by atoms with E-state index in [2.05, 4.69) is 37.8 Å². The average molecular weight is 201 g/mol. The fraction of sp³-hybridized carbons (Fsp3) is 1.00. The molecular formula is C11H23NS. The van der Waals surface area contributed by atoms with Crippen molar-refractivity contribution in [3.05, 3.63) is 0 Å². The van der Waals surface area contributed by atoms with Crippen LogP contribution in [0.5, 0.6) is 0 Å². The van der Waals surface area contributed by atoms with E-state index < -0.39 is 0 Å². The maximum Gasteiger partial charge on any atom is 0.0163 e. The second-order valence-electron chi connectivity index (χ2n) is 4.33. The highest BCUT2D eigenvalue weighted by molar-refractivity contribution is 7.99. The first kappa shape index (κ1) is 11.4. The molecule has 0 saturated carbocycles. The third kappa shape index (κ3) is 3.51. The van der Waals surface area contributed by atoms with Crippen molar-refractivity contribution in [2.24, 2.45) is 0 Å². The zero-order valence-electron chi connectivity index (χ0n) is 9.23. The molecule has 1 saturated heterocycles. The first-order valence-electron chi connectivity index (χ1n) is 5.55. The number of rotatable bonds is 4. The average Bonchev–Trinajstić information content (AvgIpc) is 2.19. The number of hydrogen-bond acceptors (Lipinski definition) is 2. The molecule has 2 heteroatoms. The highest BCUT2D eigenvalue weighted by atomic mass is 32.2. The van der Waals surface area contributed by atoms with Crippen molar-refractivity contribution in [1.29, 1.82) is 0 Å². The van der Waals surface area contributed by atoms with E-state index in [1.54, 1.807) is 0 Å². The molecule has 1 N–H and O–H groups in total. The first-order chi connectivity index (χ1) is 6.20. The lowest BCUT2D eigenvalue weighted by molar-refractivity contribution is 0.289. The predicted molar refractivity (Wildman–Crippen MR) is 62.5 cm³/mol. The van der Waals surface area contributed by atoms with Gasteiger partial charge in [0.05, 0.1) is 0 Å². The van der Waals surface area contributed by atoms with Crippen molar-refractivity contribution in [2.75, 3.05) is 11.5 Å². The van der Waals surface area contributed by atoms with Crippen molar-refractivity contribution in [2.45, 2.75) is 58.0 Å². The Morgan fingerprint density at radius 3 is 2.54 bits per heavy atom. The molecule has 0 bridgehead atoms. The molecule has 1 aliphatic heterocycles. The van der Waals surface area contributed by atoms with Crippen LogP contribution in [0, 0.1) is 0 Å². The van der Waals surface area contributed by atoms with Gasteiger partial charge in [0.25, 0.3) is 0 Å². The molecule has 0 aromatic rings. The summed E-state index contributed by atoms with van der Waals surface area (Å²) in [6, 6.07) is 0.767. The van der Waals surface area contributed by atoms with Gasteiger partial charge >= 0.3 is 0 Å². The summed E-state index contributed by atoms with van der Waals surface area (Å²) in [6.07, 6.45) is 5.25. The summed E-state index contributed by atoms with van der Waals surface area (Å²) in [4.78, 5) is 0. The minimum Gasteiger partial charge on any atom is -0.308 e. The normalized spacial score (nSPS) is 24.7. The molecule has 1 aliphatic rings. The lowest BCUT2D eigenvalue weighted by Crippen LogP contribution is -2.49. The second-order valence-corrected chi connectivity index (χ2v) is 5.48. The van der Waals surface area contributed by atoms with Crippen LogP contribution < -0.4 is 5.32 Å². The van der Waals surface area contributed by atoms with Gasteiger partial charge in [0.1, 0.15) is 0 Å². The van der Waals surface area contributed by atoms with E-state index in [1.165, 1.54) is 37.2 Å². The minimum atomic E-state index is 0.378. The minimum absolute atomic E-state index is 0.378. The molecule has 78 valence electrons. The molecule has 1 heterocycles. The monoisotopic (exact) mass is 201 g/mol. The zero-order chi connectivity index (χ0) is 9.73. The van der Waals surface area contributed by atoms with Gasteiger partial charge in [0.2, 0.25) is 0 Å². The largest absolute Gasteiger partial charge is 0.308 e. The van der Waals surface area contributed by atoms with Gasteiger partial charge < -0.3 is 5.32 Å². The van der Waals surface area contributed by atoms with Crippen molar-refractivity contribution in [3.8, 4) is 0 Å². The number of thioether (sulfide) groups is 1. The highest BCUT2D eigenvalue weighted by Gasteiger charge is 2.24. The van der Waals surface area contributed by atoms with Gasteiger partial charge in [-0.25, -0.2) is 0 Å². The third-order valence-electron chi connectivity index (χ3n) is 3.27. The van der Waals surface area contributed by atoms with Gasteiger partial charge in [0.15, 0.2) is 0 Å². The SMILES string of the molecule is CCC(C)(CC)NC1CCCSC1. The molecule has 0 aromatic carbocycles. The van der Waals surface area contributed by atoms with Gasteiger partial charge in [-0.15, -0.1) is 0 Å². The van der Waals surface area contributed by atoms with Crippen LogP contribution in [-0.4, -0.2) is 23.1 Å². The van der Waals surface area contributed by atoms with Crippen LogP contribution in [0.1, 0.15) is 46.5 Å². The molecular weight excluding hydrogens is 178 g/mol. The van der Waals surface area contributed by atoms with Crippen molar-refractivity contribution in [1.82, 2.24) is 5.32 Å². The topological polar surface area (TPSA) is 12.0 Å². The molecule has 1 nitrogen and oxygen atoms in total. The molecule has 1 fully saturated rings. The van der Waals surface area contributed by atoms with Crippen LogP contribution in [0.25, 0.3) is 0 Å². The lowest BCUT2D eigenvalue weighted by Gasteiger charge is -2.35. The van der Waals surface area contributed by atoms with Gasteiger partial charge in [-0.2, -0.15) is 11.8 Å². The molecule has 0 spiro atoms. The highest BCUT2D eigenvalue weighted by Crippen LogP contribution is 2.22. The summed E-state index contributed by atoms with van der Waals surface area (Å²) in [7, 11) is 0. The van der Waals surface area contributed by atoms with E-state index in [1.807, 2.05) is 0 Å². The predicted octanol–water partition coefficient (Wildman–Crippen LogP) is 3.05. The summed E-state index contributed by atoms with van der Waals surface area (Å²) in [5.41, 5.74) is 0.378. The van der Waals surface area contributed by atoms with E-state index in [0.717, 1.165) is 6.04 Å². The molecule has 0 aliphatic carbocycles. The van der Waals surface area contributed by atoms with Crippen LogP contribution in [0.15, 0.2) is 0 Å². The smallest absolute Gasteiger partial charge is 0.0163 e. The summed E-state index contributed by atoms with van der Waals surface area (Å²) in [5, 5.41) is 3.81. The molecule has 13 heavy (non-hydrogen) atoms. The summed E-state index contributed by atoms with van der Waals surface area (Å²) < 4.78 is 0. The van der Waals surface area contributed by atoms with Crippen molar-refractivity contribution < 1.29 is 0 Å². The van der Waals surface area contributed by atoms with Crippen LogP contribution in [0.3, 0.4) is 0 Å². The molecule has 0 aromatic heterocycles. The maximum atomic E-state index is 3.81. The van der Waals surface area contributed by atoms with Gasteiger partial charge in [-0.3, -0.25) is 0 Å². The van der Waals surface area contributed by atoms with E-state index >= 15 is 0 Å². The maximum absolute atomic E-state index is 3.81.